The number of nitrogens with two attached hydrogens (primary N) is 1. The summed E-state index contributed by atoms with van der Waals surface area (Å²) in [6.45, 7) is 8.85. The Hall–Kier alpha value is -0.650. The topological polar surface area (TPSA) is 64.8 Å². The summed E-state index contributed by atoms with van der Waals surface area (Å²) in [4.78, 5) is 13.9. The fourth-order valence-electron chi connectivity index (χ4n) is 2.43. The van der Waals surface area contributed by atoms with Crippen molar-refractivity contribution >= 4 is 5.97 Å². The number of unbranched alkanes of at least 4 members (excludes halogenated alkanes) is 1. The van der Waals surface area contributed by atoms with Crippen molar-refractivity contribution in [1.29, 1.82) is 0 Å². The smallest absolute Gasteiger partial charge is 0.325 e. The number of nitrogens with zero attached hydrogens (tertiary/aromatic N) is 1. The van der Waals surface area contributed by atoms with Gasteiger partial charge in [-0.25, -0.2) is 0 Å². The van der Waals surface area contributed by atoms with Crippen LogP contribution in [0.4, 0.5) is 0 Å². The van der Waals surface area contributed by atoms with Crippen LogP contribution in [0.3, 0.4) is 0 Å². The van der Waals surface area contributed by atoms with E-state index in [0.29, 0.717) is 18.6 Å². The van der Waals surface area contributed by atoms with Gasteiger partial charge in [0.2, 0.25) is 0 Å². The molecule has 1 rings (SSSR count). The Bertz CT molecular complexity index is 294. The highest BCUT2D eigenvalue weighted by Gasteiger charge is 2.29. The first-order chi connectivity index (χ1) is 8.86. The molecule has 3 atom stereocenters. The molecule has 2 N–H and O–H groups in total. The maximum absolute atomic E-state index is 11.5. The van der Waals surface area contributed by atoms with Crippen LogP contribution in [0.1, 0.15) is 40.0 Å². The molecule has 0 radical (unpaired) electrons. The van der Waals surface area contributed by atoms with Gasteiger partial charge >= 0.3 is 5.97 Å². The molecule has 0 aromatic rings. The number of hydrogen-bond donors (Lipinski definition) is 1. The predicted octanol–water partition coefficient (Wildman–Crippen LogP) is 1.16. The molecule has 0 amide bonds. The minimum Gasteiger partial charge on any atom is -0.468 e. The van der Waals surface area contributed by atoms with Crippen LogP contribution < -0.4 is 5.73 Å². The van der Waals surface area contributed by atoms with Gasteiger partial charge in [-0.05, 0) is 46.6 Å². The van der Waals surface area contributed by atoms with E-state index >= 15 is 0 Å². The molecule has 0 aliphatic carbocycles. The normalized spacial score (nSPS) is 27.8. The molecule has 5 heteroatoms. The van der Waals surface area contributed by atoms with Crippen LogP contribution in [0.15, 0.2) is 0 Å². The third-order valence-corrected chi connectivity index (χ3v) is 3.78. The molecule has 0 bridgehead atoms. The zero-order valence-electron chi connectivity index (χ0n) is 12.6. The molecule has 19 heavy (non-hydrogen) atoms. The Morgan fingerprint density at radius 3 is 2.79 bits per heavy atom. The van der Waals surface area contributed by atoms with Crippen molar-refractivity contribution in [2.45, 2.75) is 57.7 Å². The van der Waals surface area contributed by atoms with Crippen molar-refractivity contribution in [3.8, 4) is 0 Å². The third kappa shape index (κ3) is 5.09. The molecular formula is C14H28N2O3. The molecular weight excluding hydrogens is 244 g/mol. The van der Waals surface area contributed by atoms with Crippen molar-refractivity contribution < 1.29 is 14.3 Å². The maximum Gasteiger partial charge on any atom is 0.325 e. The lowest BCUT2D eigenvalue weighted by atomic mass is 9.96. The van der Waals surface area contributed by atoms with Gasteiger partial charge in [0.15, 0.2) is 0 Å². The van der Waals surface area contributed by atoms with Crippen molar-refractivity contribution in [1.82, 2.24) is 4.90 Å². The summed E-state index contributed by atoms with van der Waals surface area (Å²) in [5, 5.41) is 0. The number of rotatable bonds is 6. The van der Waals surface area contributed by atoms with Gasteiger partial charge in [0, 0.05) is 12.6 Å². The largest absolute Gasteiger partial charge is 0.468 e. The minimum absolute atomic E-state index is 0.311. The van der Waals surface area contributed by atoms with Crippen LogP contribution in [-0.4, -0.2) is 55.4 Å². The van der Waals surface area contributed by atoms with Crippen LogP contribution in [0.25, 0.3) is 0 Å². The highest BCUT2D eigenvalue weighted by atomic mass is 16.5. The van der Waals surface area contributed by atoms with Gasteiger partial charge in [0.25, 0.3) is 0 Å². The van der Waals surface area contributed by atoms with Crippen LogP contribution in [0, 0.1) is 0 Å². The van der Waals surface area contributed by atoms with E-state index in [-0.39, 0.29) is 5.97 Å². The number of carbonyl (C=O) groups is 1. The molecule has 1 fully saturated rings. The molecule has 3 unspecified atom stereocenters. The zero-order chi connectivity index (χ0) is 14.5. The van der Waals surface area contributed by atoms with Crippen LogP contribution in [0.2, 0.25) is 0 Å². The molecule has 1 saturated heterocycles. The van der Waals surface area contributed by atoms with Gasteiger partial charge in [-0.1, -0.05) is 0 Å². The van der Waals surface area contributed by atoms with E-state index in [1.54, 1.807) is 6.92 Å². The van der Waals surface area contributed by atoms with Gasteiger partial charge in [0.05, 0.1) is 19.8 Å². The molecule has 0 aromatic carbocycles. The first kappa shape index (κ1) is 16.4. The Labute approximate surface area is 116 Å². The van der Waals surface area contributed by atoms with E-state index in [1.807, 2.05) is 0 Å². The summed E-state index contributed by atoms with van der Waals surface area (Å²) >= 11 is 0. The van der Waals surface area contributed by atoms with E-state index in [2.05, 4.69) is 18.7 Å². The van der Waals surface area contributed by atoms with Crippen LogP contribution in [-0.2, 0) is 14.3 Å². The lowest BCUT2D eigenvalue weighted by Gasteiger charge is -2.36. The average molecular weight is 272 g/mol. The number of morpholine rings is 1. The lowest BCUT2D eigenvalue weighted by molar-refractivity contribution is -0.146. The zero-order valence-corrected chi connectivity index (χ0v) is 12.6. The second kappa shape index (κ2) is 7.22. The molecule has 1 aliphatic heterocycles. The minimum atomic E-state index is -0.862. The quantitative estimate of drug-likeness (QED) is 0.580. The molecule has 0 saturated carbocycles. The van der Waals surface area contributed by atoms with Gasteiger partial charge in [-0.2, -0.15) is 0 Å². The van der Waals surface area contributed by atoms with E-state index in [1.165, 1.54) is 7.11 Å². The molecule has 1 aliphatic rings. The van der Waals surface area contributed by atoms with E-state index < -0.39 is 5.54 Å². The summed E-state index contributed by atoms with van der Waals surface area (Å²) in [5.74, 6) is -0.333. The summed E-state index contributed by atoms with van der Waals surface area (Å²) in [6, 6.07) is 0.473. The fraction of sp³-hybridized carbons (Fsp3) is 0.929. The van der Waals surface area contributed by atoms with Crippen molar-refractivity contribution in [3.63, 3.8) is 0 Å². The first-order valence-electron chi connectivity index (χ1n) is 7.09. The van der Waals surface area contributed by atoms with Crippen molar-refractivity contribution in [2.24, 2.45) is 5.73 Å². The summed E-state index contributed by atoms with van der Waals surface area (Å²) in [5.41, 5.74) is 5.07. The van der Waals surface area contributed by atoms with Gasteiger partial charge in [-0.15, -0.1) is 0 Å². The molecule has 5 nitrogen and oxygen atoms in total. The van der Waals surface area contributed by atoms with Gasteiger partial charge in [0.1, 0.15) is 5.54 Å². The monoisotopic (exact) mass is 272 g/mol. The lowest BCUT2D eigenvalue weighted by Crippen LogP contribution is -2.48. The van der Waals surface area contributed by atoms with Crippen molar-refractivity contribution in [3.05, 3.63) is 0 Å². The molecule has 112 valence electrons. The van der Waals surface area contributed by atoms with Gasteiger partial charge in [-0.3, -0.25) is 9.69 Å². The Kier molecular flexibility index (Phi) is 6.23. The fourth-order valence-corrected chi connectivity index (χ4v) is 2.43. The standard InChI is InChI=1S/C14H28N2O3/c1-11-10-19-12(2)9-16(11)8-6-5-7-14(3,15)13(17)18-4/h11-12H,5-10,15H2,1-4H3. The predicted molar refractivity (Wildman–Crippen MR) is 74.9 cm³/mol. The molecule has 1 heterocycles. The molecule has 0 spiro atoms. The van der Waals surface area contributed by atoms with E-state index in [9.17, 15) is 4.79 Å². The number of methoxy groups -OCH3 is 1. The van der Waals surface area contributed by atoms with E-state index in [0.717, 1.165) is 32.5 Å². The third-order valence-electron chi connectivity index (χ3n) is 3.78. The summed E-state index contributed by atoms with van der Waals surface area (Å²) in [6.07, 6.45) is 2.95. The highest BCUT2D eigenvalue weighted by Crippen LogP contribution is 2.15. The second-order valence-corrected chi connectivity index (χ2v) is 5.85. The summed E-state index contributed by atoms with van der Waals surface area (Å²) in [7, 11) is 1.38. The number of hydrogen-bond acceptors (Lipinski definition) is 5. The first-order valence-corrected chi connectivity index (χ1v) is 7.09. The maximum atomic E-state index is 11.5. The average Bonchev–Trinajstić information content (AvgIpc) is 2.37. The summed E-state index contributed by atoms with van der Waals surface area (Å²) < 4.78 is 10.3. The number of esters is 1. The van der Waals surface area contributed by atoms with Gasteiger partial charge < -0.3 is 15.2 Å². The Morgan fingerprint density at radius 2 is 2.16 bits per heavy atom. The van der Waals surface area contributed by atoms with Crippen LogP contribution in [0.5, 0.6) is 0 Å². The highest BCUT2D eigenvalue weighted by molar-refractivity contribution is 5.79. The SMILES string of the molecule is COC(=O)C(C)(N)CCCCN1CC(C)OCC1C. The Balaban J connectivity index is 2.25. The number of carbonyl (C=O) groups excluding carboxylic acids is 1. The van der Waals surface area contributed by atoms with E-state index in [4.69, 9.17) is 15.2 Å². The number of ether oxygens (including phenoxy) is 2. The molecule has 0 aromatic heterocycles. The van der Waals surface area contributed by atoms with Crippen molar-refractivity contribution in [2.75, 3.05) is 26.8 Å². The Morgan fingerprint density at radius 1 is 1.47 bits per heavy atom. The van der Waals surface area contributed by atoms with Crippen LogP contribution >= 0.6 is 0 Å². The second-order valence-electron chi connectivity index (χ2n) is 5.85.